The standard InChI is InChI=1S/C9H11FN2O2S/c1-6(2)15(13,14)12-9-5-7(10)3-4-8(9)11/h3-5,12H,1,11H2,2H3. The zero-order chi connectivity index (χ0) is 11.6. The number of anilines is 2. The number of hydrogen-bond donors (Lipinski definition) is 2. The molecule has 0 saturated heterocycles. The maximum Gasteiger partial charge on any atom is 0.257 e. The maximum absolute atomic E-state index is 12.8. The Morgan fingerprint density at radius 3 is 2.67 bits per heavy atom. The summed E-state index contributed by atoms with van der Waals surface area (Å²) in [5, 5.41) is 0. The van der Waals surface area contributed by atoms with Crippen molar-refractivity contribution in [1.82, 2.24) is 0 Å². The molecule has 0 aliphatic rings. The van der Waals surface area contributed by atoms with Crippen molar-refractivity contribution in [2.24, 2.45) is 0 Å². The summed E-state index contributed by atoms with van der Waals surface area (Å²) in [6, 6.07) is 3.44. The van der Waals surface area contributed by atoms with Gasteiger partial charge in [0, 0.05) is 6.07 Å². The lowest BCUT2D eigenvalue weighted by molar-refractivity contribution is 0.607. The second-order valence-corrected chi connectivity index (χ2v) is 4.95. The van der Waals surface area contributed by atoms with Crippen LogP contribution in [0.3, 0.4) is 0 Å². The van der Waals surface area contributed by atoms with Crippen LogP contribution in [-0.2, 0) is 10.0 Å². The number of nitrogens with one attached hydrogen (secondary N) is 1. The van der Waals surface area contributed by atoms with Gasteiger partial charge in [-0.15, -0.1) is 0 Å². The minimum absolute atomic E-state index is 0.0120. The van der Waals surface area contributed by atoms with Crippen LogP contribution in [0.15, 0.2) is 29.7 Å². The van der Waals surface area contributed by atoms with Gasteiger partial charge in [-0.2, -0.15) is 0 Å². The molecule has 0 radical (unpaired) electrons. The molecule has 0 spiro atoms. The van der Waals surface area contributed by atoms with E-state index < -0.39 is 15.8 Å². The Morgan fingerprint density at radius 2 is 2.13 bits per heavy atom. The summed E-state index contributed by atoms with van der Waals surface area (Å²) in [5.74, 6) is -0.566. The summed E-state index contributed by atoms with van der Waals surface area (Å²) in [7, 11) is -3.68. The third kappa shape index (κ3) is 2.69. The highest BCUT2D eigenvalue weighted by Crippen LogP contribution is 2.21. The lowest BCUT2D eigenvalue weighted by Gasteiger charge is -2.09. The lowest BCUT2D eigenvalue weighted by Crippen LogP contribution is -2.14. The highest BCUT2D eigenvalue weighted by Gasteiger charge is 2.13. The van der Waals surface area contributed by atoms with E-state index in [0.29, 0.717) is 0 Å². The predicted octanol–water partition coefficient (Wildman–Crippen LogP) is 1.68. The third-order valence-electron chi connectivity index (χ3n) is 1.72. The lowest BCUT2D eigenvalue weighted by atomic mass is 10.3. The minimum atomic E-state index is -3.68. The first-order valence-electron chi connectivity index (χ1n) is 4.06. The number of sulfonamides is 1. The van der Waals surface area contributed by atoms with Crippen LogP contribution < -0.4 is 10.5 Å². The van der Waals surface area contributed by atoms with Crippen LogP contribution in [-0.4, -0.2) is 8.42 Å². The smallest absolute Gasteiger partial charge is 0.257 e. The van der Waals surface area contributed by atoms with Gasteiger partial charge in [0.25, 0.3) is 10.0 Å². The molecular formula is C9H11FN2O2S. The van der Waals surface area contributed by atoms with Crippen LogP contribution in [0.2, 0.25) is 0 Å². The Morgan fingerprint density at radius 1 is 1.53 bits per heavy atom. The number of halogens is 1. The van der Waals surface area contributed by atoms with E-state index in [0.717, 1.165) is 12.1 Å². The molecule has 4 nitrogen and oxygen atoms in total. The Kier molecular flexibility index (Phi) is 2.99. The van der Waals surface area contributed by atoms with Gasteiger partial charge in [-0.3, -0.25) is 4.72 Å². The van der Waals surface area contributed by atoms with Crippen LogP contribution in [0.5, 0.6) is 0 Å². The molecule has 0 aromatic heterocycles. The molecule has 15 heavy (non-hydrogen) atoms. The van der Waals surface area contributed by atoms with Crippen LogP contribution in [0.1, 0.15) is 6.92 Å². The molecule has 0 fully saturated rings. The first-order valence-corrected chi connectivity index (χ1v) is 5.54. The molecule has 6 heteroatoms. The van der Waals surface area contributed by atoms with Gasteiger partial charge in [0.15, 0.2) is 0 Å². The normalized spacial score (nSPS) is 11.1. The molecule has 0 aliphatic carbocycles. The Bertz CT molecular complexity index is 497. The third-order valence-corrected chi connectivity index (χ3v) is 3.12. The largest absolute Gasteiger partial charge is 0.397 e. The second-order valence-electron chi connectivity index (χ2n) is 3.04. The molecular weight excluding hydrogens is 219 g/mol. The fourth-order valence-corrected chi connectivity index (χ4v) is 1.49. The van der Waals surface area contributed by atoms with Crippen molar-refractivity contribution in [3.63, 3.8) is 0 Å². The van der Waals surface area contributed by atoms with Crippen molar-refractivity contribution in [3.05, 3.63) is 35.5 Å². The van der Waals surface area contributed by atoms with E-state index in [-0.39, 0.29) is 16.3 Å². The van der Waals surface area contributed by atoms with Gasteiger partial charge < -0.3 is 5.73 Å². The van der Waals surface area contributed by atoms with Crippen LogP contribution >= 0.6 is 0 Å². The SMILES string of the molecule is C=C(C)S(=O)(=O)Nc1cc(F)ccc1N. The fraction of sp³-hybridized carbons (Fsp3) is 0.111. The molecule has 0 heterocycles. The molecule has 0 saturated carbocycles. The van der Waals surface area contributed by atoms with Crippen molar-refractivity contribution in [2.45, 2.75) is 6.92 Å². The average Bonchev–Trinajstić information content (AvgIpc) is 2.10. The van der Waals surface area contributed by atoms with Gasteiger partial charge >= 0.3 is 0 Å². The predicted molar refractivity (Wildman–Crippen MR) is 58.2 cm³/mol. The summed E-state index contributed by atoms with van der Waals surface area (Å²) >= 11 is 0. The maximum atomic E-state index is 12.8. The molecule has 3 N–H and O–H groups in total. The summed E-state index contributed by atoms with van der Waals surface area (Å²) in [6.45, 7) is 4.62. The summed E-state index contributed by atoms with van der Waals surface area (Å²) in [5.41, 5.74) is 5.64. The first kappa shape index (κ1) is 11.5. The van der Waals surface area contributed by atoms with Gasteiger partial charge in [0.2, 0.25) is 0 Å². The van der Waals surface area contributed by atoms with E-state index in [2.05, 4.69) is 11.3 Å². The highest BCUT2D eigenvalue weighted by atomic mass is 32.2. The summed E-state index contributed by atoms with van der Waals surface area (Å²) in [4.78, 5) is -0.0637. The fourth-order valence-electron chi connectivity index (χ4n) is 0.849. The van der Waals surface area contributed by atoms with Gasteiger partial charge in [-0.05, 0) is 19.1 Å². The van der Waals surface area contributed by atoms with Crippen molar-refractivity contribution in [2.75, 3.05) is 10.5 Å². The van der Waals surface area contributed by atoms with E-state index in [9.17, 15) is 12.8 Å². The molecule has 0 aliphatic heterocycles. The van der Waals surface area contributed by atoms with Crippen LogP contribution in [0, 0.1) is 5.82 Å². The highest BCUT2D eigenvalue weighted by molar-refractivity contribution is 7.96. The number of nitrogen functional groups attached to an aromatic ring is 1. The zero-order valence-electron chi connectivity index (χ0n) is 8.12. The molecule has 1 aromatic rings. The zero-order valence-corrected chi connectivity index (χ0v) is 8.94. The van der Waals surface area contributed by atoms with Crippen molar-refractivity contribution >= 4 is 21.4 Å². The van der Waals surface area contributed by atoms with E-state index >= 15 is 0 Å². The Labute approximate surface area is 87.7 Å². The van der Waals surface area contributed by atoms with Crippen LogP contribution in [0.25, 0.3) is 0 Å². The first-order chi connectivity index (χ1) is 6.83. The van der Waals surface area contributed by atoms with E-state index in [1.54, 1.807) is 0 Å². The summed E-state index contributed by atoms with van der Waals surface area (Å²) < 4.78 is 37.7. The topological polar surface area (TPSA) is 72.2 Å². The Hall–Kier alpha value is -1.56. The van der Waals surface area contributed by atoms with Gasteiger partial charge in [0.05, 0.1) is 16.3 Å². The number of allylic oxidation sites excluding steroid dienone is 1. The number of benzene rings is 1. The molecule has 1 rings (SSSR count). The summed E-state index contributed by atoms with van der Waals surface area (Å²) in [6.07, 6.45) is 0. The molecule has 82 valence electrons. The van der Waals surface area contributed by atoms with Gasteiger partial charge in [-0.1, -0.05) is 6.58 Å². The van der Waals surface area contributed by atoms with Gasteiger partial charge in [0.1, 0.15) is 5.82 Å². The molecule has 1 aromatic carbocycles. The Balaban J connectivity index is 3.10. The molecule has 0 bridgehead atoms. The molecule has 0 atom stereocenters. The van der Waals surface area contributed by atoms with E-state index in [4.69, 9.17) is 5.73 Å². The monoisotopic (exact) mass is 230 g/mol. The number of rotatable bonds is 3. The number of nitrogens with two attached hydrogens (primary N) is 1. The average molecular weight is 230 g/mol. The molecule has 0 amide bonds. The van der Waals surface area contributed by atoms with Gasteiger partial charge in [-0.25, -0.2) is 12.8 Å². The van der Waals surface area contributed by atoms with Crippen molar-refractivity contribution < 1.29 is 12.8 Å². The van der Waals surface area contributed by atoms with E-state index in [1.165, 1.54) is 13.0 Å². The quantitative estimate of drug-likeness (QED) is 0.776. The number of hydrogen-bond acceptors (Lipinski definition) is 3. The van der Waals surface area contributed by atoms with Crippen LogP contribution in [0.4, 0.5) is 15.8 Å². The van der Waals surface area contributed by atoms with Crippen molar-refractivity contribution in [1.29, 1.82) is 0 Å². The second kappa shape index (κ2) is 3.90. The molecule has 0 unspecified atom stereocenters. The van der Waals surface area contributed by atoms with Crippen molar-refractivity contribution in [3.8, 4) is 0 Å². The van der Waals surface area contributed by atoms with E-state index in [1.807, 2.05) is 0 Å². The minimum Gasteiger partial charge on any atom is -0.397 e.